The highest BCUT2D eigenvalue weighted by Gasteiger charge is 2.33. The molecule has 18 heavy (non-hydrogen) atoms. The number of nitrogens with zero attached hydrogens (tertiary/aromatic N) is 4. The summed E-state index contributed by atoms with van der Waals surface area (Å²) in [6, 6.07) is 0. The highest BCUT2D eigenvalue weighted by atomic mass is 79.9. The van der Waals surface area contributed by atoms with Crippen molar-refractivity contribution in [2.24, 2.45) is 0 Å². The van der Waals surface area contributed by atoms with Gasteiger partial charge in [-0.15, -0.1) is 0 Å². The zero-order valence-electron chi connectivity index (χ0n) is 10.0. The number of nitro groups is 1. The van der Waals surface area contributed by atoms with Crippen LogP contribution in [0.25, 0.3) is 0 Å². The van der Waals surface area contributed by atoms with E-state index in [4.69, 9.17) is 0 Å². The van der Waals surface area contributed by atoms with Gasteiger partial charge in [0.05, 0.1) is 4.92 Å². The topological polar surface area (TPSA) is 84.4 Å². The molecular weight excluding hydrogens is 304 g/mol. The van der Waals surface area contributed by atoms with Crippen molar-refractivity contribution >= 4 is 27.4 Å². The summed E-state index contributed by atoms with van der Waals surface area (Å²) in [6.45, 7) is 3.32. The molecule has 1 fully saturated rings. The summed E-state index contributed by atoms with van der Waals surface area (Å²) in [4.78, 5) is 12.6. The standard InChI is InChI=1S/C10H15BrN4O3/c1-2-7(16)14-10(13-5-3-4-6-13)8(15(17)18)9(11)12-14/h7,16H,2-6H2,1H3. The molecule has 0 aromatic carbocycles. The summed E-state index contributed by atoms with van der Waals surface area (Å²) in [5, 5.41) is 25.1. The molecule has 2 rings (SSSR count). The lowest BCUT2D eigenvalue weighted by atomic mass is 10.4. The lowest BCUT2D eigenvalue weighted by Crippen LogP contribution is -2.24. The molecule has 8 heteroatoms. The van der Waals surface area contributed by atoms with E-state index >= 15 is 0 Å². The van der Waals surface area contributed by atoms with Crippen LogP contribution in [0.1, 0.15) is 32.4 Å². The number of halogens is 1. The van der Waals surface area contributed by atoms with Crippen LogP contribution in [0, 0.1) is 10.1 Å². The van der Waals surface area contributed by atoms with Crippen LogP contribution < -0.4 is 4.90 Å². The number of anilines is 1. The molecule has 0 bridgehead atoms. The first-order chi connectivity index (χ1) is 8.56. The summed E-state index contributed by atoms with van der Waals surface area (Å²) in [5.74, 6) is 0.402. The maximum atomic E-state index is 11.1. The van der Waals surface area contributed by atoms with Crippen molar-refractivity contribution in [1.82, 2.24) is 9.78 Å². The van der Waals surface area contributed by atoms with Gasteiger partial charge in [0.15, 0.2) is 0 Å². The van der Waals surface area contributed by atoms with Crippen molar-refractivity contribution in [2.75, 3.05) is 18.0 Å². The fraction of sp³-hybridized carbons (Fsp3) is 0.700. The van der Waals surface area contributed by atoms with Crippen LogP contribution in [0.5, 0.6) is 0 Å². The molecule has 1 atom stereocenters. The third-order valence-electron chi connectivity index (χ3n) is 3.06. The molecule has 0 saturated carbocycles. The normalized spacial score (nSPS) is 17.2. The SMILES string of the molecule is CCC(O)n1nc(Br)c([N+](=O)[O-])c1N1CCCC1. The molecule has 0 radical (unpaired) electrons. The van der Waals surface area contributed by atoms with Crippen LogP contribution in [0.2, 0.25) is 0 Å². The summed E-state index contributed by atoms with van der Waals surface area (Å²) >= 11 is 3.10. The van der Waals surface area contributed by atoms with E-state index in [-0.39, 0.29) is 10.3 Å². The fourth-order valence-corrected chi connectivity index (χ4v) is 2.64. The van der Waals surface area contributed by atoms with Gasteiger partial charge in [0.1, 0.15) is 6.23 Å². The van der Waals surface area contributed by atoms with Gasteiger partial charge in [0.25, 0.3) is 0 Å². The number of hydrogen-bond donors (Lipinski definition) is 1. The largest absolute Gasteiger partial charge is 0.372 e. The molecule has 1 saturated heterocycles. The van der Waals surface area contributed by atoms with E-state index < -0.39 is 11.2 Å². The van der Waals surface area contributed by atoms with Crippen molar-refractivity contribution in [3.63, 3.8) is 0 Å². The molecule has 1 aromatic heterocycles. The molecule has 1 unspecified atom stereocenters. The Morgan fingerprint density at radius 3 is 2.67 bits per heavy atom. The van der Waals surface area contributed by atoms with Crippen molar-refractivity contribution < 1.29 is 10.0 Å². The van der Waals surface area contributed by atoms with Crippen LogP contribution in [0.3, 0.4) is 0 Å². The van der Waals surface area contributed by atoms with Gasteiger partial charge in [0, 0.05) is 13.1 Å². The maximum absolute atomic E-state index is 11.1. The first-order valence-corrected chi connectivity index (χ1v) is 6.71. The predicted octanol–water partition coefficient (Wildman–Crippen LogP) is 2.05. The number of rotatable bonds is 4. The van der Waals surface area contributed by atoms with Crippen molar-refractivity contribution in [2.45, 2.75) is 32.4 Å². The van der Waals surface area contributed by atoms with E-state index in [1.165, 1.54) is 4.68 Å². The van der Waals surface area contributed by atoms with Gasteiger partial charge < -0.3 is 10.0 Å². The molecule has 2 heterocycles. The molecular formula is C10H15BrN4O3. The van der Waals surface area contributed by atoms with Crippen LogP contribution in [0.4, 0.5) is 11.5 Å². The van der Waals surface area contributed by atoms with Gasteiger partial charge in [-0.25, -0.2) is 4.68 Å². The quantitative estimate of drug-likeness (QED) is 0.678. The Kier molecular flexibility index (Phi) is 3.86. The van der Waals surface area contributed by atoms with E-state index in [2.05, 4.69) is 21.0 Å². The van der Waals surface area contributed by atoms with E-state index in [0.29, 0.717) is 12.2 Å². The molecule has 1 aromatic rings. The first kappa shape index (κ1) is 13.3. The zero-order valence-corrected chi connectivity index (χ0v) is 11.6. The third-order valence-corrected chi connectivity index (χ3v) is 3.59. The van der Waals surface area contributed by atoms with Crippen LogP contribution in [-0.2, 0) is 0 Å². The van der Waals surface area contributed by atoms with E-state index in [1.54, 1.807) is 6.92 Å². The van der Waals surface area contributed by atoms with E-state index in [9.17, 15) is 15.2 Å². The Labute approximate surface area is 113 Å². The summed E-state index contributed by atoms with van der Waals surface area (Å²) in [5.41, 5.74) is -0.0654. The Morgan fingerprint density at radius 1 is 1.56 bits per heavy atom. The summed E-state index contributed by atoms with van der Waals surface area (Å²) < 4.78 is 1.51. The molecule has 0 aliphatic carbocycles. The third kappa shape index (κ3) is 2.22. The smallest absolute Gasteiger partial charge is 0.345 e. The molecule has 1 N–H and O–H groups in total. The maximum Gasteiger partial charge on any atom is 0.345 e. The van der Waals surface area contributed by atoms with Crippen LogP contribution in [-0.4, -0.2) is 32.9 Å². The van der Waals surface area contributed by atoms with Gasteiger partial charge in [0.2, 0.25) is 10.4 Å². The van der Waals surface area contributed by atoms with E-state index in [1.807, 2.05) is 4.90 Å². The van der Waals surface area contributed by atoms with Gasteiger partial charge in [-0.2, -0.15) is 5.10 Å². The highest BCUT2D eigenvalue weighted by Crippen LogP contribution is 2.38. The summed E-state index contributed by atoms with van der Waals surface area (Å²) in [6.07, 6.45) is 1.61. The van der Waals surface area contributed by atoms with Gasteiger partial charge in [-0.1, -0.05) is 6.92 Å². The summed E-state index contributed by atoms with van der Waals surface area (Å²) in [7, 11) is 0. The number of hydrogen-bond acceptors (Lipinski definition) is 5. The average Bonchev–Trinajstić information content (AvgIpc) is 2.93. The Balaban J connectivity index is 2.52. The fourth-order valence-electron chi connectivity index (χ4n) is 2.15. The van der Waals surface area contributed by atoms with E-state index in [0.717, 1.165) is 25.9 Å². The number of aromatic nitrogens is 2. The van der Waals surface area contributed by atoms with Crippen molar-refractivity contribution in [1.29, 1.82) is 0 Å². The molecule has 100 valence electrons. The highest BCUT2D eigenvalue weighted by molar-refractivity contribution is 9.10. The monoisotopic (exact) mass is 318 g/mol. The minimum Gasteiger partial charge on any atom is -0.372 e. The Hall–Kier alpha value is -1.15. The van der Waals surface area contributed by atoms with Gasteiger partial charge in [-0.3, -0.25) is 10.1 Å². The van der Waals surface area contributed by atoms with Gasteiger partial charge in [-0.05, 0) is 35.2 Å². The molecule has 7 nitrogen and oxygen atoms in total. The lowest BCUT2D eigenvalue weighted by molar-refractivity contribution is -0.385. The average molecular weight is 319 g/mol. The molecule has 1 aliphatic heterocycles. The van der Waals surface area contributed by atoms with Gasteiger partial charge >= 0.3 is 5.69 Å². The second-order valence-corrected chi connectivity index (χ2v) is 5.00. The van der Waals surface area contributed by atoms with Crippen molar-refractivity contribution in [3.8, 4) is 0 Å². The van der Waals surface area contributed by atoms with Crippen LogP contribution in [0.15, 0.2) is 4.60 Å². The van der Waals surface area contributed by atoms with Crippen molar-refractivity contribution in [3.05, 3.63) is 14.7 Å². The molecule has 0 spiro atoms. The minimum atomic E-state index is -0.842. The Bertz CT molecular complexity index is 456. The minimum absolute atomic E-state index is 0.0654. The van der Waals surface area contributed by atoms with Crippen LogP contribution >= 0.6 is 15.9 Å². The predicted molar refractivity (Wildman–Crippen MR) is 69.6 cm³/mol. The molecule has 1 aliphatic rings. The first-order valence-electron chi connectivity index (χ1n) is 5.91. The number of aliphatic hydroxyl groups is 1. The second kappa shape index (κ2) is 5.23. The Morgan fingerprint density at radius 2 is 2.17 bits per heavy atom. The zero-order chi connectivity index (χ0) is 13.3. The second-order valence-electron chi connectivity index (χ2n) is 4.25. The lowest BCUT2D eigenvalue weighted by Gasteiger charge is -2.20. The molecule has 0 amide bonds. The number of aliphatic hydroxyl groups excluding tert-OH is 1.